The van der Waals surface area contributed by atoms with Crippen molar-refractivity contribution in [3.05, 3.63) is 18.0 Å². The van der Waals surface area contributed by atoms with Crippen molar-refractivity contribution in [1.82, 2.24) is 20.2 Å². The fourth-order valence-corrected chi connectivity index (χ4v) is 4.32. The lowest BCUT2D eigenvalue weighted by Crippen LogP contribution is -2.49. The molecule has 2 unspecified atom stereocenters. The lowest BCUT2D eigenvalue weighted by Gasteiger charge is -2.35. The van der Waals surface area contributed by atoms with Crippen molar-refractivity contribution in [2.24, 2.45) is 0 Å². The SMILES string of the molecule is Cl.O=C(CC1CCC([C@@H]2CCCN2)O1)N1CCN(c2ncc(C(F)(F)F)cn2)CC1. The number of carbonyl (C=O) groups excluding carboxylic acids is 1. The summed E-state index contributed by atoms with van der Waals surface area (Å²) in [6.45, 7) is 3.04. The van der Waals surface area contributed by atoms with Gasteiger partial charge in [0.25, 0.3) is 0 Å². The summed E-state index contributed by atoms with van der Waals surface area (Å²) < 4.78 is 44.0. The van der Waals surface area contributed by atoms with Crippen LogP contribution >= 0.6 is 12.4 Å². The summed E-state index contributed by atoms with van der Waals surface area (Å²) in [5.74, 6) is 0.333. The number of piperazine rings is 1. The van der Waals surface area contributed by atoms with E-state index < -0.39 is 11.7 Å². The van der Waals surface area contributed by atoms with Crippen LogP contribution in [0.2, 0.25) is 0 Å². The Morgan fingerprint density at radius 1 is 1.13 bits per heavy atom. The van der Waals surface area contributed by atoms with E-state index in [0.29, 0.717) is 38.6 Å². The summed E-state index contributed by atoms with van der Waals surface area (Å²) in [7, 11) is 0. The average molecular weight is 450 g/mol. The number of halogens is 4. The van der Waals surface area contributed by atoms with Crippen molar-refractivity contribution in [2.45, 2.75) is 56.5 Å². The van der Waals surface area contributed by atoms with Gasteiger partial charge in [0.15, 0.2) is 0 Å². The maximum absolute atomic E-state index is 12.6. The van der Waals surface area contributed by atoms with Gasteiger partial charge in [0.2, 0.25) is 11.9 Å². The van der Waals surface area contributed by atoms with E-state index in [1.54, 1.807) is 9.80 Å². The molecule has 3 saturated heterocycles. The minimum Gasteiger partial charge on any atom is -0.373 e. The zero-order valence-corrected chi connectivity index (χ0v) is 17.4. The largest absolute Gasteiger partial charge is 0.419 e. The van der Waals surface area contributed by atoms with Crippen molar-refractivity contribution >= 4 is 24.3 Å². The van der Waals surface area contributed by atoms with E-state index in [-0.39, 0.29) is 36.5 Å². The van der Waals surface area contributed by atoms with Crippen molar-refractivity contribution < 1.29 is 22.7 Å². The van der Waals surface area contributed by atoms with Crippen molar-refractivity contribution in [3.63, 3.8) is 0 Å². The van der Waals surface area contributed by atoms with E-state index in [0.717, 1.165) is 38.2 Å². The molecule has 0 spiro atoms. The second kappa shape index (κ2) is 9.65. The van der Waals surface area contributed by atoms with Crippen LogP contribution in [0.15, 0.2) is 12.4 Å². The first-order valence-corrected chi connectivity index (χ1v) is 10.2. The van der Waals surface area contributed by atoms with Crippen molar-refractivity contribution in [1.29, 1.82) is 0 Å². The fraction of sp³-hybridized carbons (Fsp3) is 0.737. The van der Waals surface area contributed by atoms with Gasteiger partial charge in [-0.25, -0.2) is 9.97 Å². The van der Waals surface area contributed by atoms with E-state index in [9.17, 15) is 18.0 Å². The van der Waals surface area contributed by atoms with Gasteiger partial charge >= 0.3 is 6.18 Å². The highest BCUT2D eigenvalue weighted by molar-refractivity contribution is 5.85. The number of carbonyl (C=O) groups is 1. The number of aromatic nitrogens is 2. The van der Waals surface area contributed by atoms with Gasteiger partial charge in [-0.2, -0.15) is 13.2 Å². The summed E-state index contributed by atoms with van der Waals surface area (Å²) in [5.41, 5.74) is -0.863. The highest BCUT2D eigenvalue weighted by Gasteiger charge is 2.35. The standard InChI is InChI=1S/C19H26F3N5O2.ClH/c20-19(21,22)13-11-24-18(25-12-13)27-8-6-26(7-9-27)17(28)10-14-3-4-16(29-14)15-2-1-5-23-15;/h11-12,14-16,23H,1-10H2;1H/t14?,15-,16?;/m0./s1. The Morgan fingerprint density at radius 3 is 2.43 bits per heavy atom. The Labute approximate surface area is 179 Å². The van der Waals surface area contributed by atoms with Gasteiger partial charge < -0.3 is 19.9 Å². The number of hydrogen-bond donors (Lipinski definition) is 1. The Bertz CT molecular complexity index is 707. The molecule has 0 aliphatic carbocycles. The molecule has 4 rings (SSSR count). The fourth-order valence-electron chi connectivity index (χ4n) is 4.32. The Hall–Kier alpha value is -1.65. The van der Waals surface area contributed by atoms with E-state index >= 15 is 0 Å². The number of ether oxygens (including phenoxy) is 1. The highest BCUT2D eigenvalue weighted by atomic mass is 35.5. The molecule has 168 valence electrons. The zero-order chi connectivity index (χ0) is 20.4. The van der Waals surface area contributed by atoms with Crippen molar-refractivity contribution in [2.75, 3.05) is 37.6 Å². The zero-order valence-electron chi connectivity index (χ0n) is 16.6. The van der Waals surface area contributed by atoms with E-state index in [1.165, 1.54) is 6.42 Å². The van der Waals surface area contributed by atoms with Gasteiger partial charge in [0.1, 0.15) is 0 Å². The first-order chi connectivity index (χ1) is 13.9. The number of nitrogens with one attached hydrogen (secondary N) is 1. The number of anilines is 1. The minimum absolute atomic E-state index is 0. The molecule has 1 amide bonds. The molecular formula is C19H27ClF3N5O2. The first-order valence-electron chi connectivity index (χ1n) is 10.2. The van der Waals surface area contributed by atoms with E-state index in [2.05, 4.69) is 15.3 Å². The van der Waals surface area contributed by atoms with Crippen LogP contribution in [0.25, 0.3) is 0 Å². The summed E-state index contributed by atoms with van der Waals surface area (Å²) in [4.78, 5) is 23.9. The van der Waals surface area contributed by atoms with Crippen LogP contribution in [0.5, 0.6) is 0 Å². The Balaban J connectivity index is 0.00000256. The number of amides is 1. The highest BCUT2D eigenvalue weighted by Crippen LogP contribution is 2.29. The quantitative estimate of drug-likeness (QED) is 0.760. The van der Waals surface area contributed by atoms with E-state index in [1.807, 2.05) is 0 Å². The predicted molar refractivity (Wildman–Crippen MR) is 107 cm³/mol. The van der Waals surface area contributed by atoms with Crippen LogP contribution in [0.1, 0.15) is 37.7 Å². The number of nitrogens with zero attached hydrogens (tertiary/aromatic N) is 4. The molecule has 1 aromatic rings. The molecule has 0 aromatic carbocycles. The molecule has 11 heteroatoms. The lowest BCUT2D eigenvalue weighted by molar-refractivity contribution is -0.138. The summed E-state index contributed by atoms with van der Waals surface area (Å²) in [6, 6.07) is 0.419. The predicted octanol–water partition coefficient (Wildman–Crippen LogP) is 2.26. The number of hydrogen-bond acceptors (Lipinski definition) is 6. The normalized spacial score (nSPS) is 27.2. The molecule has 0 saturated carbocycles. The molecule has 30 heavy (non-hydrogen) atoms. The number of rotatable bonds is 4. The molecular weight excluding hydrogens is 423 g/mol. The molecule has 7 nitrogen and oxygen atoms in total. The third kappa shape index (κ3) is 5.33. The first kappa shape index (κ1) is 23.0. The van der Waals surface area contributed by atoms with Crippen LogP contribution in [0, 0.1) is 0 Å². The molecule has 3 aliphatic heterocycles. The van der Waals surface area contributed by atoms with Gasteiger partial charge in [0.05, 0.1) is 24.2 Å². The summed E-state index contributed by atoms with van der Waals surface area (Å²) >= 11 is 0. The smallest absolute Gasteiger partial charge is 0.373 e. The third-order valence-corrected chi connectivity index (χ3v) is 5.97. The van der Waals surface area contributed by atoms with Crippen LogP contribution in [0.4, 0.5) is 19.1 Å². The Morgan fingerprint density at radius 2 is 1.83 bits per heavy atom. The topological polar surface area (TPSA) is 70.6 Å². The molecule has 1 N–H and O–H groups in total. The van der Waals surface area contributed by atoms with E-state index in [4.69, 9.17) is 4.74 Å². The molecule has 0 bridgehead atoms. The molecule has 4 heterocycles. The maximum Gasteiger partial charge on any atom is 0.419 e. The lowest BCUT2D eigenvalue weighted by atomic mass is 10.1. The van der Waals surface area contributed by atoms with Crippen LogP contribution in [-0.4, -0.2) is 71.7 Å². The second-order valence-corrected chi connectivity index (χ2v) is 7.92. The van der Waals surface area contributed by atoms with Gasteiger partial charge in [-0.1, -0.05) is 0 Å². The molecule has 1 aromatic heterocycles. The van der Waals surface area contributed by atoms with Crippen molar-refractivity contribution in [3.8, 4) is 0 Å². The second-order valence-electron chi connectivity index (χ2n) is 7.92. The maximum atomic E-state index is 12.6. The average Bonchev–Trinajstić information content (AvgIpc) is 3.39. The van der Waals surface area contributed by atoms with Crippen LogP contribution < -0.4 is 10.2 Å². The summed E-state index contributed by atoms with van der Waals surface area (Å²) in [6.07, 6.45) is 1.96. The molecule has 3 atom stereocenters. The van der Waals surface area contributed by atoms with Crippen LogP contribution in [0.3, 0.4) is 0 Å². The molecule has 3 fully saturated rings. The Kier molecular flexibility index (Phi) is 7.41. The third-order valence-electron chi connectivity index (χ3n) is 5.97. The van der Waals surface area contributed by atoms with Gasteiger partial charge in [-0.3, -0.25) is 4.79 Å². The number of alkyl halides is 3. The van der Waals surface area contributed by atoms with Crippen LogP contribution in [-0.2, 0) is 15.7 Å². The molecule has 0 radical (unpaired) electrons. The molecule has 3 aliphatic rings. The van der Waals surface area contributed by atoms with Gasteiger partial charge in [-0.15, -0.1) is 12.4 Å². The minimum atomic E-state index is -4.45. The van der Waals surface area contributed by atoms with Gasteiger partial charge in [0, 0.05) is 44.6 Å². The van der Waals surface area contributed by atoms with Gasteiger partial charge in [-0.05, 0) is 32.2 Å². The summed E-state index contributed by atoms with van der Waals surface area (Å²) in [5, 5.41) is 3.47. The monoisotopic (exact) mass is 449 g/mol.